The normalized spacial score (nSPS) is 12.1. The van der Waals surface area contributed by atoms with Crippen LogP contribution in [0.4, 0.5) is 0 Å². The van der Waals surface area contributed by atoms with Gasteiger partial charge >= 0.3 is 0 Å². The van der Waals surface area contributed by atoms with Crippen LogP contribution in [-0.2, 0) is 17.8 Å². The summed E-state index contributed by atoms with van der Waals surface area (Å²) in [5, 5.41) is 7.85. The van der Waals surface area contributed by atoms with Crippen molar-refractivity contribution in [2.45, 2.75) is 53.3 Å². The average Bonchev–Trinajstić information content (AvgIpc) is 2.58. The van der Waals surface area contributed by atoms with Gasteiger partial charge in [0.2, 0.25) is 0 Å². The Labute approximate surface area is 104 Å². The second kappa shape index (κ2) is 6.17. The molecular formula is C13H25N3O. The summed E-state index contributed by atoms with van der Waals surface area (Å²) < 4.78 is 7.68. The Morgan fingerprint density at radius 1 is 1.41 bits per heavy atom. The fourth-order valence-electron chi connectivity index (χ4n) is 1.95. The van der Waals surface area contributed by atoms with Crippen LogP contribution in [-0.4, -0.2) is 28.5 Å². The van der Waals surface area contributed by atoms with Gasteiger partial charge in [-0.1, -0.05) is 0 Å². The van der Waals surface area contributed by atoms with Crippen LogP contribution in [0, 0.1) is 6.92 Å². The highest BCUT2D eigenvalue weighted by Crippen LogP contribution is 2.08. The molecule has 0 aliphatic carbocycles. The molecule has 1 N–H and O–H groups in total. The third-order valence-electron chi connectivity index (χ3n) is 2.68. The number of nitrogens with one attached hydrogen (secondary N) is 1. The zero-order valence-electron chi connectivity index (χ0n) is 11.7. The number of hydrogen-bond acceptors (Lipinski definition) is 3. The molecule has 0 spiro atoms. The van der Waals surface area contributed by atoms with Gasteiger partial charge in [-0.25, -0.2) is 0 Å². The lowest BCUT2D eigenvalue weighted by molar-refractivity contribution is -0.00906. The lowest BCUT2D eigenvalue weighted by Crippen LogP contribution is -2.37. The Bertz CT molecular complexity index is 344. The molecule has 4 nitrogen and oxygen atoms in total. The summed E-state index contributed by atoms with van der Waals surface area (Å²) in [5.74, 6) is 0. The maximum atomic E-state index is 5.64. The third kappa shape index (κ3) is 4.48. The molecule has 1 rings (SSSR count). The predicted molar refractivity (Wildman–Crippen MR) is 70.0 cm³/mol. The molecule has 98 valence electrons. The van der Waals surface area contributed by atoms with E-state index in [9.17, 15) is 0 Å². The molecule has 0 saturated heterocycles. The SMILES string of the molecule is CCOC(C)(C)CNCc1cc(C)nn1CC. The van der Waals surface area contributed by atoms with Crippen molar-refractivity contribution in [3.63, 3.8) is 0 Å². The number of aryl methyl sites for hydroxylation is 2. The highest BCUT2D eigenvalue weighted by molar-refractivity contribution is 5.08. The van der Waals surface area contributed by atoms with Crippen LogP contribution in [0.15, 0.2) is 6.07 Å². The van der Waals surface area contributed by atoms with Gasteiger partial charge in [-0.15, -0.1) is 0 Å². The number of ether oxygens (including phenoxy) is 1. The van der Waals surface area contributed by atoms with Crippen molar-refractivity contribution in [2.24, 2.45) is 0 Å². The summed E-state index contributed by atoms with van der Waals surface area (Å²) in [4.78, 5) is 0. The van der Waals surface area contributed by atoms with Crippen LogP contribution in [0.5, 0.6) is 0 Å². The summed E-state index contributed by atoms with van der Waals surface area (Å²) in [6.45, 7) is 13.7. The van der Waals surface area contributed by atoms with E-state index < -0.39 is 0 Å². The second-order valence-electron chi connectivity index (χ2n) is 4.89. The molecule has 0 fully saturated rings. The van der Waals surface area contributed by atoms with E-state index in [4.69, 9.17) is 4.74 Å². The van der Waals surface area contributed by atoms with E-state index in [0.29, 0.717) is 0 Å². The van der Waals surface area contributed by atoms with Crippen molar-refractivity contribution in [1.29, 1.82) is 0 Å². The van der Waals surface area contributed by atoms with Gasteiger partial charge in [0.1, 0.15) is 0 Å². The molecule has 4 heteroatoms. The van der Waals surface area contributed by atoms with E-state index >= 15 is 0 Å². The number of hydrogen-bond donors (Lipinski definition) is 1. The smallest absolute Gasteiger partial charge is 0.0750 e. The van der Waals surface area contributed by atoms with E-state index in [1.165, 1.54) is 5.69 Å². The van der Waals surface area contributed by atoms with E-state index in [1.54, 1.807) is 0 Å². The fraction of sp³-hybridized carbons (Fsp3) is 0.769. The van der Waals surface area contributed by atoms with E-state index in [-0.39, 0.29) is 5.60 Å². The van der Waals surface area contributed by atoms with Crippen molar-refractivity contribution in [2.75, 3.05) is 13.2 Å². The van der Waals surface area contributed by atoms with Gasteiger partial charge in [0.25, 0.3) is 0 Å². The van der Waals surface area contributed by atoms with Crippen molar-refractivity contribution in [1.82, 2.24) is 15.1 Å². The van der Waals surface area contributed by atoms with Crippen LogP contribution in [0.25, 0.3) is 0 Å². The predicted octanol–water partition coefficient (Wildman–Crippen LogP) is 2.12. The van der Waals surface area contributed by atoms with Crippen molar-refractivity contribution in [3.8, 4) is 0 Å². The summed E-state index contributed by atoms with van der Waals surface area (Å²) >= 11 is 0. The Balaban J connectivity index is 2.45. The first-order valence-corrected chi connectivity index (χ1v) is 6.36. The van der Waals surface area contributed by atoms with Crippen LogP contribution in [0.1, 0.15) is 39.1 Å². The van der Waals surface area contributed by atoms with E-state index in [0.717, 1.165) is 31.9 Å². The molecule has 0 radical (unpaired) electrons. The van der Waals surface area contributed by atoms with E-state index in [1.807, 2.05) is 18.5 Å². The lowest BCUT2D eigenvalue weighted by Gasteiger charge is -2.25. The van der Waals surface area contributed by atoms with Gasteiger partial charge in [0, 0.05) is 26.2 Å². The molecule has 0 aliphatic heterocycles. The van der Waals surface area contributed by atoms with Crippen LogP contribution in [0.3, 0.4) is 0 Å². The molecule has 0 aromatic carbocycles. The summed E-state index contributed by atoms with van der Waals surface area (Å²) in [5.41, 5.74) is 2.20. The van der Waals surface area contributed by atoms with Gasteiger partial charge in [0.15, 0.2) is 0 Å². The maximum Gasteiger partial charge on any atom is 0.0750 e. The molecule has 1 heterocycles. The molecule has 17 heavy (non-hydrogen) atoms. The van der Waals surface area contributed by atoms with Crippen molar-refractivity contribution < 1.29 is 4.74 Å². The molecule has 0 unspecified atom stereocenters. The van der Waals surface area contributed by atoms with Gasteiger partial charge in [-0.2, -0.15) is 5.10 Å². The largest absolute Gasteiger partial charge is 0.375 e. The molecule has 1 aromatic rings. The quantitative estimate of drug-likeness (QED) is 0.792. The van der Waals surface area contributed by atoms with Crippen molar-refractivity contribution in [3.05, 3.63) is 17.5 Å². The van der Waals surface area contributed by atoms with Crippen LogP contribution < -0.4 is 5.32 Å². The molecule has 0 atom stereocenters. The zero-order chi connectivity index (χ0) is 12.9. The maximum absolute atomic E-state index is 5.64. The first kappa shape index (κ1) is 14.2. The van der Waals surface area contributed by atoms with Gasteiger partial charge < -0.3 is 10.1 Å². The van der Waals surface area contributed by atoms with Crippen LogP contribution in [0.2, 0.25) is 0 Å². The monoisotopic (exact) mass is 239 g/mol. The third-order valence-corrected chi connectivity index (χ3v) is 2.68. The first-order chi connectivity index (χ1) is 7.98. The Kier molecular flexibility index (Phi) is 5.15. The minimum absolute atomic E-state index is 0.110. The lowest BCUT2D eigenvalue weighted by atomic mass is 10.1. The second-order valence-corrected chi connectivity index (χ2v) is 4.89. The molecule has 0 bridgehead atoms. The highest BCUT2D eigenvalue weighted by Gasteiger charge is 2.17. The minimum atomic E-state index is -0.110. The Morgan fingerprint density at radius 2 is 2.12 bits per heavy atom. The topological polar surface area (TPSA) is 39.1 Å². The first-order valence-electron chi connectivity index (χ1n) is 6.36. The van der Waals surface area contributed by atoms with Gasteiger partial charge in [0.05, 0.1) is 17.0 Å². The highest BCUT2D eigenvalue weighted by atomic mass is 16.5. The number of nitrogens with zero attached hydrogens (tertiary/aromatic N) is 2. The number of aromatic nitrogens is 2. The zero-order valence-corrected chi connectivity index (χ0v) is 11.7. The molecule has 1 aromatic heterocycles. The standard InChI is InChI=1S/C13H25N3O/c1-6-16-12(8-11(3)15-16)9-14-10-13(4,5)17-7-2/h8,14H,6-7,9-10H2,1-5H3. The minimum Gasteiger partial charge on any atom is -0.375 e. The van der Waals surface area contributed by atoms with Crippen LogP contribution >= 0.6 is 0 Å². The molecule has 0 amide bonds. The molecule has 0 aliphatic rings. The van der Waals surface area contributed by atoms with Gasteiger partial charge in [-0.05, 0) is 40.7 Å². The molecule has 0 saturated carbocycles. The summed E-state index contributed by atoms with van der Waals surface area (Å²) in [6.07, 6.45) is 0. The Morgan fingerprint density at radius 3 is 2.71 bits per heavy atom. The average molecular weight is 239 g/mol. The Hall–Kier alpha value is -0.870. The van der Waals surface area contributed by atoms with E-state index in [2.05, 4.69) is 37.3 Å². The van der Waals surface area contributed by atoms with Crippen molar-refractivity contribution >= 4 is 0 Å². The molecular weight excluding hydrogens is 214 g/mol. The fourth-order valence-corrected chi connectivity index (χ4v) is 1.95. The summed E-state index contributed by atoms with van der Waals surface area (Å²) in [7, 11) is 0. The summed E-state index contributed by atoms with van der Waals surface area (Å²) in [6, 6.07) is 2.13. The number of rotatable bonds is 7. The van der Waals surface area contributed by atoms with Gasteiger partial charge in [-0.3, -0.25) is 4.68 Å².